The standard InChI is InChI=1S/C11H16BrN3.ClH/c12-11-8-10(2-4-14-11)9-15-6-1-3-13-5-7-15;/h2,4,8,13H,1,3,5-7,9H2;1H. The first-order valence-electron chi connectivity index (χ1n) is 5.38. The lowest BCUT2D eigenvalue weighted by Gasteiger charge is -2.19. The Morgan fingerprint density at radius 3 is 3.06 bits per heavy atom. The lowest BCUT2D eigenvalue weighted by atomic mass is 10.2. The molecule has 1 aliphatic heterocycles. The van der Waals surface area contributed by atoms with Gasteiger partial charge in [-0.1, -0.05) is 0 Å². The summed E-state index contributed by atoms with van der Waals surface area (Å²) in [7, 11) is 0. The van der Waals surface area contributed by atoms with E-state index in [9.17, 15) is 0 Å². The molecule has 90 valence electrons. The zero-order chi connectivity index (χ0) is 10.5. The largest absolute Gasteiger partial charge is 0.315 e. The molecule has 1 N–H and O–H groups in total. The maximum Gasteiger partial charge on any atom is 0.106 e. The Kier molecular flexibility index (Phi) is 6.28. The number of pyridine rings is 1. The Labute approximate surface area is 111 Å². The number of nitrogens with one attached hydrogen (secondary N) is 1. The summed E-state index contributed by atoms with van der Waals surface area (Å²) < 4.78 is 0.924. The molecule has 0 amide bonds. The van der Waals surface area contributed by atoms with Crippen LogP contribution in [0.3, 0.4) is 0 Å². The van der Waals surface area contributed by atoms with Gasteiger partial charge in [0.2, 0.25) is 0 Å². The molecule has 1 fully saturated rings. The van der Waals surface area contributed by atoms with Crippen molar-refractivity contribution >= 4 is 28.3 Å². The summed E-state index contributed by atoms with van der Waals surface area (Å²) in [6, 6.07) is 4.18. The van der Waals surface area contributed by atoms with Crippen molar-refractivity contribution < 1.29 is 0 Å². The molecule has 0 unspecified atom stereocenters. The van der Waals surface area contributed by atoms with Crippen LogP contribution in [0, 0.1) is 0 Å². The fourth-order valence-electron chi connectivity index (χ4n) is 1.86. The van der Waals surface area contributed by atoms with E-state index in [-0.39, 0.29) is 12.4 Å². The van der Waals surface area contributed by atoms with Crippen molar-refractivity contribution in [1.82, 2.24) is 15.2 Å². The smallest absolute Gasteiger partial charge is 0.106 e. The van der Waals surface area contributed by atoms with Gasteiger partial charge in [0.1, 0.15) is 4.60 Å². The number of nitrogens with zero attached hydrogens (tertiary/aromatic N) is 2. The maximum atomic E-state index is 4.14. The van der Waals surface area contributed by atoms with Crippen LogP contribution in [-0.2, 0) is 6.54 Å². The third-order valence-electron chi connectivity index (χ3n) is 2.63. The molecular weight excluding hydrogens is 289 g/mol. The van der Waals surface area contributed by atoms with Gasteiger partial charge < -0.3 is 5.32 Å². The van der Waals surface area contributed by atoms with Gasteiger partial charge in [-0.15, -0.1) is 12.4 Å². The maximum absolute atomic E-state index is 4.14. The van der Waals surface area contributed by atoms with Crippen LogP contribution >= 0.6 is 28.3 Å². The summed E-state index contributed by atoms with van der Waals surface area (Å²) in [5, 5.41) is 3.41. The molecular formula is C11H17BrClN3. The van der Waals surface area contributed by atoms with E-state index in [4.69, 9.17) is 0 Å². The van der Waals surface area contributed by atoms with Crippen LogP contribution < -0.4 is 5.32 Å². The Bertz CT molecular complexity index is 314. The number of halogens is 2. The van der Waals surface area contributed by atoms with Crippen LogP contribution in [0.1, 0.15) is 12.0 Å². The average Bonchev–Trinajstić information content (AvgIpc) is 2.46. The Hall–Kier alpha value is -0.160. The van der Waals surface area contributed by atoms with Gasteiger partial charge in [0.15, 0.2) is 0 Å². The van der Waals surface area contributed by atoms with Gasteiger partial charge in [-0.3, -0.25) is 4.90 Å². The van der Waals surface area contributed by atoms with Gasteiger partial charge in [-0.05, 0) is 53.1 Å². The van der Waals surface area contributed by atoms with E-state index >= 15 is 0 Å². The lowest BCUT2D eigenvalue weighted by Crippen LogP contribution is -2.27. The fourth-order valence-corrected chi connectivity index (χ4v) is 2.27. The Balaban J connectivity index is 0.00000128. The monoisotopic (exact) mass is 305 g/mol. The molecule has 16 heavy (non-hydrogen) atoms. The van der Waals surface area contributed by atoms with E-state index in [1.165, 1.54) is 18.5 Å². The van der Waals surface area contributed by atoms with E-state index in [1.54, 1.807) is 0 Å². The lowest BCUT2D eigenvalue weighted by molar-refractivity contribution is 0.284. The highest BCUT2D eigenvalue weighted by molar-refractivity contribution is 9.10. The summed E-state index contributed by atoms with van der Waals surface area (Å²) in [6.45, 7) is 5.61. The SMILES string of the molecule is Brc1cc(CN2CCCNCC2)ccn1.Cl. The molecule has 0 atom stereocenters. The summed E-state index contributed by atoms with van der Waals surface area (Å²) in [5.74, 6) is 0. The van der Waals surface area contributed by atoms with Crippen molar-refractivity contribution in [2.75, 3.05) is 26.2 Å². The molecule has 1 aromatic rings. The third-order valence-corrected chi connectivity index (χ3v) is 3.06. The van der Waals surface area contributed by atoms with Gasteiger partial charge in [-0.2, -0.15) is 0 Å². The highest BCUT2D eigenvalue weighted by atomic mass is 79.9. The summed E-state index contributed by atoms with van der Waals surface area (Å²) >= 11 is 3.40. The second-order valence-corrected chi connectivity index (χ2v) is 4.68. The van der Waals surface area contributed by atoms with E-state index in [2.05, 4.69) is 43.3 Å². The molecule has 0 aromatic carbocycles. The zero-order valence-electron chi connectivity index (χ0n) is 9.16. The van der Waals surface area contributed by atoms with Crippen LogP contribution in [0.5, 0.6) is 0 Å². The zero-order valence-corrected chi connectivity index (χ0v) is 11.6. The number of aromatic nitrogens is 1. The van der Waals surface area contributed by atoms with E-state index in [0.717, 1.165) is 30.8 Å². The quantitative estimate of drug-likeness (QED) is 0.848. The van der Waals surface area contributed by atoms with Crippen molar-refractivity contribution in [3.63, 3.8) is 0 Å². The van der Waals surface area contributed by atoms with Crippen LogP contribution in [-0.4, -0.2) is 36.1 Å². The fraction of sp³-hybridized carbons (Fsp3) is 0.545. The first-order valence-corrected chi connectivity index (χ1v) is 6.17. The first-order chi connectivity index (χ1) is 7.34. The second-order valence-electron chi connectivity index (χ2n) is 3.87. The second kappa shape index (κ2) is 7.22. The molecule has 3 nitrogen and oxygen atoms in total. The normalized spacial score (nSPS) is 17.6. The third kappa shape index (κ3) is 4.37. The van der Waals surface area contributed by atoms with Crippen molar-refractivity contribution in [2.45, 2.75) is 13.0 Å². The van der Waals surface area contributed by atoms with E-state index < -0.39 is 0 Å². The summed E-state index contributed by atoms with van der Waals surface area (Å²) in [4.78, 5) is 6.63. The van der Waals surface area contributed by atoms with Crippen LogP contribution in [0.25, 0.3) is 0 Å². The number of hydrogen-bond acceptors (Lipinski definition) is 3. The highest BCUT2D eigenvalue weighted by Gasteiger charge is 2.08. The topological polar surface area (TPSA) is 28.2 Å². The molecule has 2 heterocycles. The van der Waals surface area contributed by atoms with Crippen LogP contribution in [0.4, 0.5) is 0 Å². The van der Waals surface area contributed by atoms with E-state index in [0.29, 0.717) is 0 Å². The van der Waals surface area contributed by atoms with Gasteiger partial charge in [-0.25, -0.2) is 4.98 Å². The summed E-state index contributed by atoms with van der Waals surface area (Å²) in [5.41, 5.74) is 1.33. The van der Waals surface area contributed by atoms with Gasteiger partial charge in [0.25, 0.3) is 0 Å². The number of hydrogen-bond donors (Lipinski definition) is 1. The van der Waals surface area contributed by atoms with Gasteiger partial charge in [0.05, 0.1) is 0 Å². The number of rotatable bonds is 2. The Morgan fingerprint density at radius 2 is 2.25 bits per heavy atom. The van der Waals surface area contributed by atoms with Crippen molar-refractivity contribution in [3.8, 4) is 0 Å². The Morgan fingerprint density at radius 1 is 1.38 bits per heavy atom. The van der Waals surface area contributed by atoms with Crippen LogP contribution in [0.15, 0.2) is 22.9 Å². The van der Waals surface area contributed by atoms with Crippen molar-refractivity contribution in [1.29, 1.82) is 0 Å². The first kappa shape index (κ1) is 13.9. The van der Waals surface area contributed by atoms with Gasteiger partial charge >= 0.3 is 0 Å². The van der Waals surface area contributed by atoms with Gasteiger partial charge in [0, 0.05) is 25.8 Å². The molecule has 5 heteroatoms. The predicted octanol–water partition coefficient (Wildman–Crippen LogP) is 2.06. The molecule has 1 aliphatic rings. The molecule has 2 rings (SSSR count). The van der Waals surface area contributed by atoms with Crippen molar-refractivity contribution in [3.05, 3.63) is 28.5 Å². The minimum absolute atomic E-state index is 0. The predicted molar refractivity (Wildman–Crippen MR) is 71.9 cm³/mol. The molecule has 0 spiro atoms. The van der Waals surface area contributed by atoms with E-state index in [1.807, 2.05) is 6.20 Å². The highest BCUT2D eigenvalue weighted by Crippen LogP contribution is 2.11. The molecule has 0 radical (unpaired) electrons. The molecule has 1 aromatic heterocycles. The van der Waals surface area contributed by atoms with Crippen molar-refractivity contribution in [2.24, 2.45) is 0 Å². The average molecular weight is 307 g/mol. The molecule has 0 saturated carbocycles. The minimum atomic E-state index is 0. The van der Waals surface area contributed by atoms with Crippen LogP contribution in [0.2, 0.25) is 0 Å². The molecule has 0 bridgehead atoms. The minimum Gasteiger partial charge on any atom is -0.315 e. The summed E-state index contributed by atoms with van der Waals surface area (Å²) in [6.07, 6.45) is 3.10. The molecule has 0 aliphatic carbocycles. The molecule has 1 saturated heterocycles.